The van der Waals surface area contributed by atoms with Crippen molar-refractivity contribution >= 4 is 45.0 Å². The van der Waals surface area contributed by atoms with Crippen molar-refractivity contribution < 1.29 is 0 Å². The summed E-state index contributed by atoms with van der Waals surface area (Å²) in [5.41, 5.74) is 2.82. The second-order valence-electron chi connectivity index (χ2n) is 3.60. The van der Waals surface area contributed by atoms with Gasteiger partial charge in [0.1, 0.15) is 14.8 Å². The second-order valence-corrected chi connectivity index (χ2v) is 6.05. The first kappa shape index (κ1) is 10.5. The number of aryl methyl sites for hydroxylation is 1. The summed E-state index contributed by atoms with van der Waals surface area (Å²) in [5, 5.41) is 1.04. The van der Waals surface area contributed by atoms with Crippen molar-refractivity contribution in [1.82, 2.24) is 14.4 Å². The van der Waals surface area contributed by atoms with Gasteiger partial charge < -0.3 is 4.40 Å². The van der Waals surface area contributed by atoms with Crippen molar-refractivity contribution in [2.24, 2.45) is 4.99 Å². The van der Waals surface area contributed by atoms with Gasteiger partial charge in [-0.1, -0.05) is 22.6 Å². The molecule has 0 aromatic carbocycles. The molecule has 1 aliphatic heterocycles. The molecule has 82 valence electrons. The summed E-state index contributed by atoms with van der Waals surface area (Å²) >= 11 is 4.11. The van der Waals surface area contributed by atoms with Gasteiger partial charge in [-0.15, -0.1) is 11.8 Å². The van der Waals surface area contributed by atoms with E-state index in [2.05, 4.69) is 37.6 Å². The molecule has 0 aliphatic carbocycles. The second kappa shape index (κ2) is 3.99. The molecule has 0 amide bonds. The van der Waals surface area contributed by atoms with Crippen LogP contribution >= 0.6 is 34.4 Å². The van der Waals surface area contributed by atoms with Gasteiger partial charge in [0.15, 0.2) is 5.65 Å². The zero-order valence-corrected chi connectivity index (χ0v) is 11.6. The quantitative estimate of drug-likeness (QED) is 0.453. The molecule has 0 bridgehead atoms. The third-order valence-corrected chi connectivity index (χ3v) is 4.69. The van der Waals surface area contributed by atoms with Crippen molar-refractivity contribution in [3.63, 3.8) is 0 Å². The summed E-state index contributed by atoms with van der Waals surface area (Å²) in [6.07, 6.45) is 5.79. The minimum absolute atomic E-state index is 0.377. The predicted octanol–water partition coefficient (Wildman–Crippen LogP) is 2.29. The lowest BCUT2D eigenvalue weighted by Crippen LogP contribution is -1.90. The Hall–Kier alpha value is -0.630. The molecule has 3 rings (SSSR count). The SMILES string of the molecule is Cc1cn2cc(C3=N[C@H](I)CS3)nc2cn1. The lowest BCUT2D eigenvalue weighted by Gasteiger charge is -1.92. The van der Waals surface area contributed by atoms with Gasteiger partial charge in [0.2, 0.25) is 0 Å². The third-order valence-electron chi connectivity index (χ3n) is 2.30. The Balaban J connectivity index is 2.09. The van der Waals surface area contributed by atoms with Gasteiger partial charge in [0.25, 0.3) is 0 Å². The van der Waals surface area contributed by atoms with Crippen molar-refractivity contribution in [3.8, 4) is 0 Å². The standard InChI is InChI=1S/C10H9IN4S/c1-6-3-15-4-7(13-9(15)2-12-6)10-14-8(11)5-16-10/h2-4,8H,5H2,1H3/t8-/m0/s1. The molecule has 16 heavy (non-hydrogen) atoms. The average Bonchev–Trinajstić information content (AvgIpc) is 2.83. The number of aliphatic imine (C=N–C) groups is 1. The van der Waals surface area contributed by atoms with Crippen LogP contribution in [0.2, 0.25) is 0 Å². The highest BCUT2D eigenvalue weighted by Gasteiger charge is 2.18. The fourth-order valence-corrected chi connectivity index (χ4v) is 3.42. The van der Waals surface area contributed by atoms with Crippen LogP contribution in [0.15, 0.2) is 23.6 Å². The first-order valence-corrected chi connectivity index (χ1v) is 7.12. The van der Waals surface area contributed by atoms with Gasteiger partial charge in [-0.25, -0.2) is 4.98 Å². The molecule has 0 spiro atoms. The summed E-state index contributed by atoms with van der Waals surface area (Å²) < 4.78 is 2.38. The highest BCUT2D eigenvalue weighted by atomic mass is 127. The lowest BCUT2D eigenvalue weighted by molar-refractivity contribution is 1.07. The van der Waals surface area contributed by atoms with E-state index in [0.717, 1.165) is 27.8 Å². The van der Waals surface area contributed by atoms with Crippen molar-refractivity contribution in [2.75, 3.05) is 5.75 Å². The van der Waals surface area contributed by atoms with E-state index in [1.165, 1.54) is 0 Å². The fourth-order valence-electron chi connectivity index (χ4n) is 1.59. The highest BCUT2D eigenvalue weighted by Crippen LogP contribution is 2.26. The number of fused-ring (bicyclic) bond motifs is 1. The van der Waals surface area contributed by atoms with Crippen molar-refractivity contribution in [3.05, 3.63) is 30.0 Å². The molecule has 6 heteroatoms. The van der Waals surface area contributed by atoms with E-state index in [4.69, 9.17) is 0 Å². The molecule has 0 radical (unpaired) electrons. The van der Waals surface area contributed by atoms with E-state index < -0.39 is 0 Å². The van der Waals surface area contributed by atoms with Gasteiger partial charge in [-0.05, 0) is 6.92 Å². The molecule has 1 atom stereocenters. The van der Waals surface area contributed by atoms with Crippen LogP contribution in [-0.2, 0) is 0 Å². The summed E-state index contributed by atoms with van der Waals surface area (Å²) in [6.45, 7) is 1.97. The Bertz CT molecular complexity index is 577. The van der Waals surface area contributed by atoms with Gasteiger partial charge in [0, 0.05) is 18.1 Å². The van der Waals surface area contributed by atoms with Gasteiger partial charge in [0.05, 0.1) is 11.9 Å². The number of aromatic nitrogens is 3. The predicted molar refractivity (Wildman–Crippen MR) is 74.5 cm³/mol. The zero-order valence-electron chi connectivity index (χ0n) is 8.59. The van der Waals surface area contributed by atoms with E-state index >= 15 is 0 Å². The average molecular weight is 344 g/mol. The summed E-state index contributed by atoms with van der Waals surface area (Å²) in [5.74, 6) is 1.04. The van der Waals surface area contributed by atoms with Crippen LogP contribution in [0.3, 0.4) is 0 Å². The van der Waals surface area contributed by atoms with E-state index in [0.29, 0.717) is 4.05 Å². The molecule has 1 aliphatic rings. The number of thioether (sulfide) groups is 1. The maximum absolute atomic E-state index is 4.55. The number of hydrogen-bond acceptors (Lipinski definition) is 4. The minimum atomic E-state index is 0.377. The molecule has 0 N–H and O–H groups in total. The van der Waals surface area contributed by atoms with E-state index in [1.807, 2.05) is 23.7 Å². The van der Waals surface area contributed by atoms with Crippen LogP contribution in [0.1, 0.15) is 11.4 Å². The fraction of sp³-hybridized carbons (Fsp3) is 0.300. The number of alkyl halides is 1. The Morgan fingerprint density at radius 1 is 1.50 bits per heavy atom. The minimum Gasteiger partial charge on any atom is -0.303 e. The molecule has 0 fully saturated rings. The topological polar surface area (TPSA) is 42.5 Å². The molecule has 2 aromatic heterocycles. The van der Waals surface area contributed by atoms with Crippen molar-refractivity contribution in [1.29, 1.82) is 0 Å². The van der Waals surface area contributed by atoms with Gasteiger partial charge in [-0.3, -0.25) is 9.98 Å². The molecule has 4 nitrogen and oxygen atoms in total. The van der Waals surface area contributed by atoms with Crippen LogP contribution in [0.25, 0.3) is 5.65 Å². The van der Waals surface area contributed by atoms with Crippen LogP contribution in [0.4, 0.5) is 0 Å². The first-order chi connectivity index (χ1) is 7.72. The Morgan fingerprint density at radius 3 is 3.12 bits per heavy atom. The largest absolute Gasteiger partial charge is 0.303 e. The lowest BCUT2D eigenvalue weighted by atomic mass is 10.5. The Morgan fingerprint density at radius 2 is 2.38 bits per heavy atom. The molecule has 0 saturated carbocycles. The van der Waals surface area contributed by atoms with E-state index in [1.54, 1.807) is 18.0 Å². The van der Waals surface area contributed by atoms with Crippen LogP contribution in [0, 0.1) is 6.92 Å². The monoisotopic (exact) mass is 344 g/mol. The number of hydrogen-bond donors (Lipinski definition) is 0. The first-order valence-electron chi connectivity index (χ1n) is 4.89. The van der Waals surface area contributed by atoms with Gasteiger partial charge in [-0.2, -0.15) is 0 Å². The van der Waals surface area contributed by atoms with Crippen LogP contribution in [0.5, 0.6) is 0 Å². The Kier molecular flexibility index (Phi) is 2.62. The maximum atomic E-state index is 4.55. The van der Waals surface area contributed by atoms with E-state index in [9.17, 15) is 0 Å². The van der Waals surface area contributed by atoms with Gasteiger partial charge >= 0.3 is 0 Å². The normalized spacial score (nSPS) is 20.4. The highest BCUT2D eigenvalue weighted by molar-refractivity contribution is 14.1. The van der Waals surface area contributed by atoms with E-state index in [-0.39, 0.29) is 0 Å². The molecule has 0 unspecified atom stereocenters. The van der Waals surface area contributed by atoms with Crippen LogP contribution in [-0.4, -0.2) is 29.2 Å². The molecular formula is C10H9IN4S. The van der Waals surface area contributed by atoms with Crippen molar-refractivity contribution in [2.45, 2.75) is 11.0 Å². The maximum Gasteiger partial charge on any atom is 0.156 e. The summed E-state index contributed by atoms with van der Waals surface area (Å²) in [7, 11) is 0. The Labute approximate surface area is 111 Å². The summed E-state index contributed by atoms with van der Waals surface area (Å²) in [4.78, 5) is 13.3. The summed E-state index contributed by atoms with van der Waals surface area (Å²) in [6, 6.07) is 0. The number of nitrogens with zero attached hydrogens (tertiary/aromatic N) is 4. The molecular weight excluding hydrogens is 335 g/mol. The zero-order chi connectivity index (χ0) is 11.1. The smallest absolute Gasteiger partial charge is 0.156 e. The number of rotatable bonds is 1. The third kappa shape index (κ3) is 1.84. The molecule has 2 aromatic rings. The number of halogens is 1. The number of imidazole rings is 1. The molecule has 3 heterocycles. The van der Waals surface area contributed by atoms with Crippen LogP contribution < -0.4 is 0 Å². The molecule has 0 saturated heterocycles.